The number of anilines is 1. The number of thioether (sulfide) groups is 1. The van der Waals surface area contributed by atoms with Crippen molar-refractivity contribution >= 4 is 23.4 Å². The third-order valence-corrected chi connectivity index (χ3v) is 3.77. The van der Waals surface area contributed by atoms with E-state index in [0.29, 0.717) is 33.7 Å². The van der Waals surface area contributed by atoms with Gasteiger partial charge in [-0.05, 0) is 25.1 Å². The highest BCUT2D eigenvalue weighted by atomic mass is 32.2. The summed E-state index contributed by atoms with van der Waals surface area (Å²) >= 11 is 0.634. The van der Waals surface area contributed by atoms with Crippen molar-refractivity contribution in [2.24, 2.45) is 0 Å². The minimum Gasteiger partial charge on any atom is -0.469 e. The second-order valence-corrected chi connectivity index (χ2v) is 5.26. The van der Waals surface area contributed by atoms with Gasteiger partial charge >= 0.3 is 6.18 Å². The van der Waals surface area contributed by atoms with Crippen LogP contribution in [0.15, 0.2) is 45.9 Å². The van der Waals surface area contributed by atoms with Gasteiger partial charge in [0.2, 0.25) is 0 Å². The topological polar surface area (TPSA) is 42.2 Å². The molecule has 0 fully saturated rings. The molecule has 1 aromatic heterocycles. The van der Waals surface area contributed by atoms with E-state index in [-0.39, 0.29) is 0 Å². The number of aryl methyl sites for hydroxylation is 1. The number of hydrogen-bond acceptors (Lipinski definition) is 3. The molecule has 1 N–H and O–H groups in total. The number of benzene rings is 1. The van der Waals surface area contributed by atoms with Gasteiger partial charge in [0.05, 0.1) is 23.3 Å². The Hall–Kier alpha value is -1.89. The second kappa shape index (κ2) is 6.26. The molecule has 2 rings (SSSR count). The number of alkyl halides is 3. The third-order valence-electron chi connectivity index (χ3n) is 2.63. The van der Waals surface area contributed by atoms with Crippen molar-refractivity contribution in [3.63, 3.8) is 0 Å². The molecule has 2 aromatic rings. The van der Waals surface area contributed by atoms with Gasteiger partial charge in [-0.2, -0.15) is 13.2 Å². The zero-order valence-electron chi connectivity index (χ0n) is 11.0. The van der Waals surface area contributed by atoms with Gasteiger partial charge < -0.3 is 9.73 Å². The summed E-state index contributed by atoms with van der Waals surface area (Å²) in [7, 11) is 0. The molecule has 1 aromatic carbocycles. The number of nitrogens with one attached hydrogen (secondary N) is 1. The molecular formula is C14H12F3NO2S. The van der Waals surface area contributed by atoms with Gasteiger partial charge in [-0.1, -0.05) is 12.1 Å². The highest BCUT2D eigenvalue weighted by Gasteiger charge is 2.27. The van der Waals surface area contributed by atoms with E-state index >= 15 is 0 Å². The summed E-state index contributed by atoms with van der Waals surface area (Å²) in [5.74, 6) is -0.973. The summed E-state index contributed by atoms with van der Waals surface area (Å²) in [5.41, 5.74) is 0.697. The lowest BCUT2D eigenvalue weighted by atomic mass is 10.2. The van der Waals surface area contributed by atoms with Gasteiger partial charge in [-0.3, -0.25) is 4.79 Å². The van der Waals surface area contributed by atoms with Gasteiger partial charge in [0.25, 0.3) is 5.91 Å². The summed E-state index contributed by atoms with van der Waals surface area (Å²) in [5, 5.41) is 2.60. The maximum absolute atomic E-state index is 12.3. The van der Waals surface area contributed by atoms with E-state index in [4.69, 9.17) is 4.42 Å². The molecule has 0 aliphatic carbocycles. The zero-order chi connectivity index (χ0) is 15.5. The molecule has 21 heavy (non-hydrogen) atoms. The number of hydrogen-bond donors (Lipinski definition) is 1. The molecule has 0 saturated carbocycles. The van der Waals surface area contributed by atoms with E-state index < -0.39 is 17.8 Å². The number of carbonyl (C=O) groups excluding carboxylic acids is 1. The summed E-state index contributed by atoms with van der Waals surface area (Å²) in [4.78, 5) is 12.4. The average molecular weight is 315 g/mol. The Bertz CT molecular complexity index is 637. The summed E-state index contributed by atoms with van der Waals surface area (Å²) < 4.78 is 41.9. The molecule has 0 atom stereocenters. The van der Waals surface area contributed by atoms with E-state index in [1.807, 2.05) is 0 Å². The predicted octanol–water partition coefficient (Wildman–Crippen LogP) is 4.49. The molecule has 1 amide bonds. The largest absolute Gasteiger partial charge is 0.469 e. The number of furan rings is 1. The molecule has 0 saturated heterocycles. The second-order valence-electron chi connectivity index (χ2n) is 4.24. The van der Waals surface area contributed by atoms with Crippen LogP contribution in [-0.4, -0.2) is 17.8 Å². The number of amides is 1. The highest BCUT2D eigenvalue weighted by molar-refractivity contribution is 7.99. The summed E-state index contributed by atoms with van der Waals surface area (Å²) in [6.07, 6.45) is -2.88. The fourth-order valence-corrected chi connectivity index (χ4v) is 2.43. The number of para-hydroxylation sites is 1. The van der Waals surface area contributed by atoms with Crippen LogP contribution in [0.1, 0.15) is 16.1 Å². The van der Waals surface area contributed by atoms with Crippen LogP contribution in [0.4, 0.5) is 18.9 Å². The fraction of sp³-hybridized carbons (Fsp3) is 0.214. The molecule has 3 nitrogen and oxygen atoms in total. The SMILES string of the molecule is Cc1occc1C(=O)Nc1ccccc1SCC(F)(F)F. The Balaban J connectivity index is 2.13. The predicted molar refractivity (Wildman–Crippen MR) is 74.6 cm³/mol. The highest BCUT2D eigenvalue weighted by Crippen LogP contribution is 2.32. The van der Waals surface area contributed by atoms with E-state index in [1.165, 1.54) is 18.4 Å². The van der Waals surface area contributed by atoms with Crippen molar-refractivity contribution in [1.29, 1.82) is 0 Å². The van der Waals surface area contributed by atoms with Crippen molar-refractivity contribution in [3.8, 4) is 0 Å². The third kappa shape index (κ3) is 4.29. The Kier molecular flexibility index (Phi) is 4.62. The number of carbonyl (C=O) groups is 1. The van der Waals surface area contributed by atoms with Gasteiger partial charge in [0.15, 0.2) is 0 Å². The Morgan fingerprint density at radius 3 is 2.62 bits per heavy atom. The Labute approximate surface area is 123 Å². The van der Waals surface area contributed by atoms with Gasteiger partial charge in [0, 0.05) is 4.90 Å². The van der Waals surface area contributed by atoms with Crippen LogP contribution in [0, 0.1) is 6.92 Å². The maximum atomic E-state index is 12.3. The van der Waals surface area contributed by atoms with Crippen LogP contribution in [0.2, 0.25) is 0 Å². The van der Waals surface area contributed by atoms with Crippen LogP contribution in [0.25, 0.3) is 0 Å². The summed E-state index contributed by atoms with van der Waals surface area (Å²) in [6.45, 7) is 1.64. The van der Waals surface area contributed by atoms with Gasteiger partial charge in [-0.15, -0.1) is 11.8 Å². The smallest absolute Gasteiger partial charge is 0.398 e. The zero-order valence-corrected chi connectivity index (χ0v) is 11.8. The molecule has 0 radical (unpaired) electrons. The van der Waals surface area contributed by atoms with Crippen LogP contribution < -0.4 is 5.32 Å². The lowest BCUT2D eigenvalue weighted by Crippen LogP contribution is -2.14. The van der Waals surface area contributed by atoms with Gasteiger partial charge in [0.1, 0.15) is 5.76 Å². The Morgan fingerprint density at radius 2 is 2.00 bits per heavy atom. The monoisotopic (exact) mass is 315 g/mol. The standard InChI is InChI=1S/C14H12F3NO2S/c1-9-10(6-7-20-9)13(19)18-11-4-2-3-5-12(11)21-8-14(15,16)17/h2-7H,8H2,1H3,(H,18,19). The quantitative estimate of drug-likeness (QED) is 0.845. The van der Waals surface area contributed by atoms with E-state index in [2.05, 4.69) is 5.32 Å². The first kappa shape index (κ1) is 15.5. The molecule has 0 aliphatic heterocycles. The van der Waals surface area contributed by atoms with Crippen LogP contribution >= 0.6 is 11.8 Å². The lowest BCUT2D eigenvalue weighted by Gasteiger charge is -2.11. The van der Waals surface area contributed by atoms with Crippen LogP contribution in [0.5, 0.6) is 0 Å². The molecule has 112 valence electrons. The van der Waals surface area contributed by atoms with Crippen molar-refractivity contribution < 1.29 is 22.4 Å². The average Bonchev–Trinajstić information content (AvgIpc) is 2.83. The summed E-state index contributed by atoms with van der Waals surface area (Å²) in [6, 6.07) is 7.88. The van der Waals surface area contributed by atoms with Crippen molar-refractivity contribution in [2.45, 2.75) is 18.0 Å². The van der Waals surface area contributed by atoms with Crippen molar-refractivity contribution in [1.82, 2.24) is 0 Å². The first-order chi connectivity index (χ1) is 9.87. The van der Waals surface area contributed by atoms with E-state index in [0.717, 1.165) is 0 Å². The first-order valence-electron chi connectivity index (χ1n) is 6.01. The Morgan fingerprint density at radius 1 is 1.29 bits per heavy atom. The van der Waals surface area contributed by atoms with Crippen molar-refractivity contribution in [2.75, 3.05) is 11.1 Å². The molecule has 0 bridgehead atoms. The molecule has 0 spiro atoms. The number of rotatable bonds is 4. The minimum absolute atomic E-state index is 0.345. The number of halogens is 3. The van der Waals surface area contributed by atoms with Crippen LogP contribution in [-0.2, 0) is 0 Å². The van der Waals surface area contributed by atoms with E-state index in [1.54, 1.807) is 25.1 Å². The molecule has 7 heteroatoms. The van der Waals surface area contributed by atoms with Crippen LogP contribution in [0.3, 0.4) is 0 Å². The normalized spacial score (nSPS) is 11.4. The molecule has 0 unspecified atom stereocenters. The fourth-order valence-electron chi connectivity index (χ4n) is 1.67. The van der Waals surface area contributed by atoms with Crippen molar-refractivity contribution in [3.05, 3.63) is 47.9 Å². The maximum Gasteiger partial charge on any atom is 0.398 e. The van der Waals surface area contributed by atoms with Gasteiger partial charge in [-0.25, -0.2) is 0 Å². The molecule has 0 aliphatic rings. The minimum atomic E-state index is -4.26. The van der Waals surface area contributed by atoms with E-state index in [9.17, 15) is 18.0 Å². The first-order valence-corrected chi connectivity index (χ1v) is 6.99. The molecular weight excluding hydrogens is 303 g/mol. The lowest BCUT2D eigenvalue weighted by molar-refractivity contribution is -0.105. The molecule has 1 heterocycles.